The molecule has 1 aromatic carbocycles. The SMILES string of the molecule is Nc1ncc(-c2cc(-c3cccc(S(N)(=O)=O)c3)nc(N3CCOCC3)n2)cn1. The molecule has 0 spiro atoms. The van der Waals surface area contributed by atoms with Crippen molar-refractivity contribution >= 4 is 21.9 Å². The van der Waals surface area contributed by atoms with Crippen LogP contribution in [-0.4, -0.2) is 54.7 Å². The summed E-state index contributed by atoms with van der Waals surface area (Å²) in [5, 5.41) is 5.27. The molecule has 1 fully saturated rings. The van der Waals surface area contributed by atoms with Crippen LogP contribution < -0.4 is 15.8 Å². The molecule has 0 radical (unpaired) electrons. The zero-order valence-electron chi connectivity index (χ0n) is 15.4. The highest BCUT2D eigenvalue weighted by Gasteiger charge is 2.18. The van der Waals surface area contributed by atoms with Gasteiger partial charge in [-0.3, -0.25) is 0 Å². The highest BCUT2D eigenvalue weighted by molar-refractivity contribution is 7.89. The number of aromatic nitrogens is 4. The van der Waals surface area contributed by atoms with Crippen LogP contribution in [-0.2, 0) is 14.8 Å². The molecule has 4 N–H and O–H groups in total. The van der Waals surface area contributed by atoms with Gasteiger partial charge in [0.1, 0.15) is 0 Å². The number of hydrogen-bond donors (Lipinski definition) is 2. The summed E-state index contributed by atoms with van der Waals surface area (Å²) in [6.45, 7) is 2.46. The third-order valence-corrected chi connectivity index (χ3v) is 5.35. The molecule has 0 bridgehead atoms. The van der Waals surface area contributed by atoms with Crippen LogP contribution in [0.5, 0.6) is 0 Å². The Bertz CT molecular complexity index is 1130. The number of nitrogens with two attached hydrogens (primary N) is 2. The van der Waals surface area contributed by atoms with Gasteiger partial charge in [0.05, 0.1) is 29.5 Å². The zero-order chi connectivity index (χ0) is 20.4. The predicted octanol–water partition coefficient (Wildman–Crippen LogP) is 0.667. The van der Waals surface area contributed by atoms with Crippen molar-refractivity contribution in [2.45, 2.75) is 4.90 Å². The molecular weight excluding hydrogens is 394 g/mol. The lowest BCUT2D eigenvalue weighted by Crippen LogP contribution is -2.37. The standard InChI is InChI=1S/C18H19N7O3S/c19-17-21-10-13(11-22-17)16-9-15(12-2-1-3-14(8-12)29(20,26)27)23-18(24-16)25-4-6-28-7-5-25/h1-3,8-11H,4-7H2,(H2,19,21,22)(H2,20,26,27). The molecule has 3 aromatic rings. The topological polar surface area (TPSA) is 150 Å². The number of morpholine rings is 1. The fraction of sp³-hybridized carbons (Fsp3) is 0.222. The molecule has 0 saturated carbocycles. The lowest BCUT2D eigenvalue weighted by Gasteiger charge is -2.27. The van der Waals surface area contributed by atoms with Crippen molar-refractivity contribution in [3.8, 4) is 22.5 Å². The Balaban J connectivity index is 1.84. The maximum absolute atomic E-state index is 11.7. The first kappa shape index (κ1) is 19.2. The summed E-state index contributed by atoms with van der Waals surface area (Å²) in [5.41, 5.74) is 8.00. The van der Waals surface area contributed by atoms with E-state index in [0.717, 1.165) is 0 Å². The number of anilines is 2. The minimum atomic E-state index is -3.84. The van der Waals surface area contributed by atoms with Gasteiger partial charge < -0.3 is 15.4 Å². The Kier molecular flexibility index (Phi) is 5.09. The fourth-order valence-electron chi connectivity index (χ4n) is 2.94. The molecule has 2 aromatic heterocycles. The first-order valence-electron chi connectivity index (χ1n) is 8.83. The summed E-state index contributed by atoms with van der Waals surface area (Å²) in [5.74, 6) is 0.677. The molecule has 3 heterocycles. The lowest BCUT2D eigenvalue weighted by molar-refractivity contribution is 0.122. The summed E-state index contributed by atoms with van der Waals surface area (Å²) in [6, 6.07) is 8.07. The van der Waals surface area contributed by atoms with E-state index in [1.54, 1.807) is 30.6 Å². The van der Waals surface area contributed by atoms with Crippen molar-refractivity contribution in [2.75, 3.05) is 36.9 Å². The maximum Gasteiger partial charge on any atom is 0.238 e. The Morgan fingerprint density at radius 2 is 1.62 bits per heavy atom. The van der Waals surface area contributed by atoms with Crippen molar-refractivity contribution in [1.29, 1.82) is 0 Å². The normalized spacial score (nSPS) is 14.7. The highest BCUT2D eigenvalue weighted by Crippen LogP contribution is 2.27. The third-order valence-electron chi connectivity index (χ3n) is 4.43. The quantitative estimate of drug-likeness (QED) is 0.629. The number of hydrogen-bond acceptors (Lipinski definition) is 9. The van der Waals surface area contributed by atoms with Gasteiger partial charge in [-0.15, -0.1) is 0 Å². The van der Waals surface area contributed by atoms with Crippen LogP contribution in [0.15, 0.2) is 47.6 Å². The number of benzene rings is 1. The minimum absolute atomic E-state index is 0.0129. The number of nitrogen functional groups attached to an aromatic ring is 1. The van der Waals surface area contributed by atoms with E-state index in [0.29, 0.717) is 54.8 Å². The van der Waals surface area contributed by atoms with E-state index >= 15 is 0 Å². The molecule has 150 valence electrons. The van der Waals surface area contributed by atoms with E-state index in [-0.39, 0.29) is 10.8 Å². The average molecular weight is 413 g/mol. The van der Waals surface area contributed by atoms with Crippen LogP contribution in [0.4, 0.5) is 11.9 Å². The van der Waals surface area contributed by atoms with Crippen molar-refractivity contribution in [1.82, 2.24) is 19.9 Å². The number of primary sulfonamides is 1. The van der Waals surface area contributed by atoms with Crippen molar-refractivity contribution in [2.24, 2.45) is 5.14 Å². The highest BCUT2D eigenvalue weighted by atomic mass is 32.2. The molecule has 0 amide bonds. The maximum atomic E-state index is 11.7. The van der Waals surface area contributed by atoms with Gasteiger partial charge in [0, 0.05) is 36.6 Å². The van der Waals surface area contributed by atoms with Crippen molar-refractivity contribution in [3.05, 3.63) is 42.7 Å². The van der Waals surface area contributed by atoms with E-state index in [9.17, 15) is 8.42 Å². The van der Waals surface area contributed by atoms with Crippen LogP contribution in [0.3, 0.4) is 0 Å². The van der Waals surface area contributed by atoms with E-state index < -0.39 is 10.0 Å². The van der Waals surface area contributed by atoms with Gasteiger partial charge >= 0.3 is 0 Å². The fourth-order valence-corrected chi connectivity index (χ4v) is 3.50. The summed E-state index contributed by atoms with van der Waals surface area (Å²) in [7, 11) is -3.84. The Labute approximate surface area is 167 Å². The minimum Gasteiger partial charge on any atom is -0.378 e. The van der Waals surface area contributed by atoms with Gasteiger partial charge in [0.25, 0.3) is 0 Å². The molecule has 0 unspecified atom stereocenters. The molecular formula is C18H19N7O3S. The zero-order valence-corrected chi connectivity index (χ0v) is 16.2. The summed E-state index contributed by atoms with van der Waals surface area (Å²) >= 11 is 0. The van der Waals surface area contributed by atoms with E-state index in [1.807, 2.05) is 4.90 Å². The molecule has 0 aliphatic carbocycles. The second-order valence-corrected chi connectivity index (χ2v) is 8.00. The monoisotopic (exact) mass is 413 g/mol. The number of rotatable bonds is 4. The van der Waals surface area contributed by atoms with Crippen molar-refractivity contribution in [3.63, 3.8) is 0 Å². The smallest absolute Gasteiger partial charge is 0.238 e. The van der Waals surface area contributed by atoms with Gasteiger partial charge in [0.2, 0.25) is 21.9 Å². The first-order valence-corrected chi connectivity index (χ1v) is 10.4. The Morgan fingerprint density at radius 1 is 0.966 bits per heavy atom. The van der Waals surface area contributed by atoms with Crippen LogP contribution >= 0.6 is 0 Å². The van der Waals surface area contributed by atoms with E-state index in [1.165, 1.54) is 12.1 Å². The predicted molar refractivity (Wildman–Crippen MR) is 107 cm³/mol. The van der Waals surface area contributed by atoms with Crippen LogP contribution in [0.1, 0.15) is 0 Å². The summed E-state index contributed by atoms with van der Waals surface area (Å²) in [4.78, 5) is 19.4. The molecule has 0 atom stereocenters. The Hall–Kier alpha value is -3.15. The van der Waals surface area contributed by atoms with Gasteiger partial charge in [-0.1, -0.05) is 12.1 Å². The van der Waals surface area contributed by atoms with E-state index in [2.05, 4.69) is 19.9 Å². The van der Waals surface area contributed by atoms with Gasteiger partial charge in [0.15, 0.2) is 0 Å². The number of sulfonamides is 1. The Morgan fingerprint density at radius 3 is 2.28 bits per heavy atom. The van der Waals surface area contributed by atoms with Gasteiger partial charge in [-0.05, 0) is 18.2 Å². The molecule has 10 nitrogen and oxygen atoms in total. The van der Waals surface area contributed by atoms with Gasteiger partial charge in [-0.25, -0.2) is 33.5 Å². The van der Waals surface area contributed by atoms with Crippen LogP contribution in [0.25, 0.3) is 22.5 Å². The molecule has 4 rings (SSSR count). The molecule has 1 aliphatic rings. The average Bonchev–Trinajstić information content (AvgIpc) is 2.74. The molecule has 1 aliphatic heterocycles. The largest absolute Gasteiger partial charge is 0.378 e. The summed E-state index contributed by atoms with van der Waals surface area (Å²) < 4.78 is 28.9. The lowest BCUT2D eigenvalue weighted by atomic mass is 10.1. The second kappa shape index (κ2) is 7.70. The van der Waals surface area contributed by atoms with E-state index in [4.69, 9.17) is 15.6 Å². The molecule has 1 saturated heterocycles. The van der Waals surface area contributed by atoms with Gasteiger partial charge in [-0.2, -0.15) is 0 Å². The summed E-state index contributed by atoms with van der Waals surface area (Å²) in [6.07, 6.45) is 3.16. The number of ether oxygens (including phenoxy) is 1. The third kappa shape index (κ3) is 4.31. The van der Waals surface area contributed by atoms with Crippen LogP contribution in [0.2, 0.25) is 0 Å². The van der Waals surface area contributed by atoms with Crippen molar-refractivity contribution < 1.29 is 13.2 Å². The van der Waals surface area contributed by atoms with Crippen LogP contribution in [0, 0.1) is 0 Å². The number of nitrogens with zero attached hydrogens (tertiary/aromatic N) is 5. The second-order valence-electron chi connectivity index (χ2n) is 6.44. The molecule has 11 heteroatoms. The first-order chi connectivity index (χ1) is 13.9. The molecule has 29 heavy (non-hydrogen) atoms.